The van der Waals surface area contributed by atoms with Crippen LogP contribution in [0.4, 0.5) is 11.4 Å². The molecule has 2 atom stereocenters. The van der Waals surface area contributed by atoms with E-state index in [1.807, 2.05) is 30.3 Å². The number of nitrogens with one attached hydrogen (secondary N) is 3. The lowest BCUT2D eigenvalue weighted by Gasteiger charge is -2.28. The number of nitriles is 1. The van der Waals surface area contributed by atoms with Crippen LogP contribution in [0.1, 0.15) is 36.9 Å². The van der Waals surface area contributed by atoms with Gasteiger partial charge in [0.2, 0.25) is 11.8 Å². The Balaban J connectivity index is 1.16. The molecule has 178 valence electrons. The maximum Gasteiger partial charge on any atom is 0.234 e. The fourth-order valence-electron chi connectivity index (χ4n) is 4.92. The Hall–Kier alpha value is -3.41. The van der Waals surface area contributed by atoms with E-state index in [0.717, 1.165) is 60.3 Å². The van der Waals surface area contributed by atoms with E-state index in [-0.39, 0.29) is 17.7 Å². The highest BCUT2D eigenvalue weighted by Gasteiger charge is 2.27. The summed E-state index contributed by atoms with van der Waals surface area (Å²) >= 11 is 1.57. The SMILES string of the molecule is N#Cc1ccc2cccc(NC(=O)[C@H]3CCC[C@@H](CNCc4ccc5c(c4)NC(=O)CS5)C3)c2n1. The molecule has 5 rings (SSSR count). The zero-order valence-electron chi connectivity index (χ0n) is 19.3. The first kappa shape index (κ1) is 23.3. The fraction of sp³-hybridized carbons (Fsp3) is 0.333. The number of pyridine rings is 1. The van der Waals surface area contributed by atoms with Crippen molar-refractivity contribution < 1.29 is 9.59 Å². The van der Waals surface area contributed by atoms with Crippen LogP contribution in [0.3, 0.4) is 0 Å². The highest BCUT2D eigenvalue weighted by Crippen LogP contribution is 2.33. The summed E-state index contributed by atoms with van der Waals surface area (Å²) in [5.41, 5.74) is 3.67. The summed E-state index contributed by atoms with van der Waals surface area (Å²) in [6.45, 7) is 1.58. The van der Waals surface area contributed by atoms with Gasteiger partial charge in [-0.2, -0.15) is 5.26 Å². The van der Waals surface area contributed by atoms with E-state index in [9.17, 15) is 14.9 Å². The Morgan fingerprint density at radius 1 is 1.20 bits per heavy atom. The standard InChI is InChI=1S/C27H27N5O2S/c28-13-21-9-8-19-4-2-6-22(26(19)30-21)32-27(34)20-5-1-3-17(11-20)14-29-15-18-7-10-24-23(12-18)31-25(33)16-35-24/h2,4,6-10,12,17,20,29H,1,3,5,11,14-16H2,(H,31,33)(H,32,34)/t17-,20+/m1/s1. The maximum atomic E-state index is 13.1. The van der Waals surface area contributed by atoms with Crippen molar-refractivity contribution >= 4 is 45.9 Å². The Morgan fingerprint density at radius 2 is 2.11 bits per heavy atom. The number of rotatable bonds is 6. The molecule has 0 saturated heterocycles. The molecule has 1 saturated carbocycles. The molecule has 0 radical (unpaired) electrons. The topological polar surface area (TPSA) is 107 Å². The number of carbonyl (C=O) groups excluding carboxylic acids is 2. The Kier molecular flexibility index (Phi) is 6.98. The molecule has 1 aliphatic carbocycles. The molecular formula is C27H27N5O2S. The number of amides is 2. The molecule has 0 spiro atoms. The summed E-state index contributed by atoms with van der Waals surface area (Å²) in [6, 6.07) is 17.5. The molecule has 0 unspecified atom stereocenters. The molecule has 1 aliphatic heterocycles. The molecule has 2 heterocycles. The van der Waals surface area contributed by atoms with Crippen LogP contribution < -0.4 is 16.0 Å². The van der Waals surface area contributed by atoms with Gasteiger partial charge in [0.05, 0.1) is 22.6 Å². The van der Waals surface area contributed by atoms with Crippen LogP contribution in [0, 0.1) is 23.2 Å². The molecule has 3 aromatic rings. The monoisotopic (exact) mass is 485 g/mol. The average molecular weight is 486 g/mol. The highest BCUT2D eigenvalue weighted by molar-refractivity contribution is 8.00. The minimum absolute atomic E-state index is 0.0225. The molecule has 1 aromatic heterocycles. The fourth-order valence-corrected chi connectivity index (χ4v) is 5.71. The van der Waals surface area contributed by atoms with Gasteiger partial charge < -0.3 is 16.0 Å². The minimum atomic E-state index is -0.0408. The molecule has 2 aromatic carbocycles. The summed E-state index contributed by atoms with van der Waals surface area (Å²) in [5.74, 6) is 0.932. The zero-order valence-corrected chi connectivity index (χ0v) is 20.2. The third-order valence-electron chi connectivity index (χ3n) is 6.69. The van der Waals surface area contributed by atoms with Gasteiger partial charge in [0.25, 0.3) is 0 Å². The number of anilines is 2. The van der Waals surface area contributed by atoms with Crippen LogP contribution in [0.5, 0.6) is 0 Å². The highest BCUT2D eigenvalue weighted by atomic mass is 32.2. The van der Waals surface area contributed by atoms with Crippen LogP contribution in [0.15, 0.2) is 53.4 Å². The van der Waals surface area contributed by atoms with Gasteiger partial charge in [-0.05, 0) is 67.6 Å². The van der Waals surface area contributed by atoms with E-state index >= 15 is 0 Å². The van der Waals surface area contributed by atoms with E-state index in [1.54, 1.807) is 17.8 Å². The molecule has 1 fully saturated rings. The summed E-state index contributed by atoms with van der Waals surface area (Å²) < 4.78 is 0. The number of nitrogens with zero attached hydrogens (tertiary/aromatic N) is 2. The van der Waals surface area contributed by atoms with E-state index in [0.29, 0.717) is 28.6 Å². The normalized spacial score (nSPS) is 19.5. The van der Waals surface area contributed by atoms with Gasteiger partial charge in [0, 0.05) is 22.7 Å². The van der Waals surface area contributed by atoms with Gasteiger partial charge in [-0.1, -0.05) is 24.6 Å². The number of hydrogen-bond acceptors (Lipinski definition) is 6. The first-order valence-electron chi connectivity index (χ1n) is 12.0. The van der Waals surface area contributed by atoms with Crippen LogP contribution in [-0.2, 0) is 16.1 Å². The number of fused-ring (bicyclic) bond motifs is 2. The van der Waals surface area contributed by atoms with Crippen LogP contribution >= 0.6 is 11.8 Å². The van der Waals surface area contributed by atoms with Gasteiger partial charge in [-0.15, -0.1) is 11.8 Å². The molecule has 3 N–H and O–H groups in total. The first-order valence-corrected chi connectivity index (χ1v) is 12.9. The zero-order chi connectivity index (χ0) is 24.2. The predicted octanol–water partition coefficient (Wildman–Crippen LogP) is 4.69. The Morgan fingerprint density at radius 3 is 3.00 bits per heavy atom. The summed E-state index contributed by atoms with van der Waals surface area (Å²) in [7, 11) is 0. The molecule has 35 heavy (non-hydrogen) atoms. The van der Waals surface area contributed by atoms with E-state index in [4.69, 9.17) is 0 Å². The number of hydrogen-bond donors (Lipinski definition) is 3. The lowest BCUT2D eigenvalue weighted by Crippen LogP contribution is -2.32. The molecular weight excluding hydrogens is 458 g/mol. The van der Waals surface area contributed by atoms with Crippen molar-refractivity contribution in [3.8, 4) is 6.07 Å². The smallest absolute Gasteiger partial charge is 0.234 e. The predicted molar refractivity (Wildman–Crippen MR) is 138 cm³/mol. The lowest BCUT2D eigenvalue weighted by atomic mass is 9.81. The van der Waals surface area contributed by atoms with Crippen molar-refractivity contribution in [2.24, 2.45) is 11.8 Å². The van der Waals surface area contributed by atoms with E-state index in [1.165, 1.54) is 0 Å². The van der Waals surface area contributed by atoms with Crippen LogP contribution in [0.25, 0.3) is 10.9 Å². The van der Waals surface area contributed by atoms with Crippen molar-refractivity contribution in [2.45, 2.75) is 37.1 Å². The van der Waals surface area contributed by atoms with E-state index < -0.39 is 0 Å². The Bertz CT molecular complexity index is 1320. The number of carbonyl (C=O) groups is 2. The molecule has 2 amide bonds. The maximum absolute atomic E-state index is 13.1. The number of benzene rings is 2. The van der Waals surface area contributed by atoms with Crippen molar-refractivity contribution in [3.05, 3.63) is 59.8 Å². The lowest BCUT2D eigenvalue weighted by molar-refractivity contribution is -0.121. The van der Waals surface area contributed by atoms with E-state index in [2.05, 4.69) is 39.1 Å². The van der Waals surface area contributed by atoms with Gasteiger partial charge in [0.15, 0.2) is 0 Å². The quantitative estimate of drug-likeness (QED) is 0.468. The second-order valence-corrected chi connectivity index (χ2v) is 10.2. The van der Waals surface area contributed by atoms with Crippen molar-refractivity contribution in [2.75, 3.05) is 22.9 Å². The molecule has 0 bridgehead atoms. The third kappa shape index (κ3) is 5.47. The molecule has 8 heteroatoms. The van der Waals surface area contributed by atoms with Crippen molar-refractivity contribution in [1.82, 2.24) is 10.3 Å². The largest absolute Gasteiger partial charge is 0.324 e. The van der Waals surface area contributed by atoms with Gasteiger partial charge in [-0.3, -0.25) is 9.59 Å². The van der Waals surface area contributed by atoms with Gasteiger partial charge >= 0.3 is 0 Å². The second-order valence-electron chi connectivity index (χ2n) is 9.20. The number of para-hydroxylation sites is 1. The average Bonchev–Trinajstić information content (AvgIpc) is 2.88. The summed E-state index contributed by atoms with van der Waals surface area (Å²) in [4.78, 5) is 30.3. The minimum Gasteiger partial charge on any atom is -0.324 e. The van der Waals surface area contributed by atoms with Crippen LogP contribution in [0.2, 0.25) is 0 Å². The summed E-state index contributed by atoms with van der Waals surface area (Å²) in [6.07, 6.45) is 3.86. The Labute approximate surface area is 208 Å². The van der Waals surface area contributed by atoms with Crippen molar-refractivity contribution in [1.29, 1.82) is 5.26 Å². The van der Waals surface area contributed by atoms with Crippen LogP contribution in [-0.4, -0.2) is 29.1 Å². The van der Waals surface area contributed by atoms with Crippen molar-refractivity contribution in [3.63, 3.8) is 0 Å². The number of aromatic nitrogens is 1. The number of thioether (sulfide) groups is 1. The van der Waals surface area contributed by atoms with Gasteiger partial charge in [-0.25, -0.2) is 4.98 Å². The first-order chi connectivity index (χ1) is 17.1. The second kappa shape index (κ2) is 10.5. The van der Waals surface area contributed by atoms with Gasteiger partial charge in [0.1, 0.15) is 11.8 Å². The summed E-state index contributed by atoms with van der Waals surface area (Å²) in [5, 5.41) is 19.6. The third-order valence-corrected chi connectivity index (χ3v) is 7.76. The molecule has 7 nitrogen and oxygen atoms in total. The molecule has 2 aliphatic rings.